The molecule has 0 radical (unpaired) electrons. The quantitative estimate of drug-likeness (QED) is 0.879. The minimum absolute atomic E-state index is 0.0415. The minimum atomic E-state index is -1.09. The number of nitrogens with zero attached hydrogens (tertiary/aromatic N) is 2. The molecule has 1 aromatic carbocycles. The monoisotopic (exact) mass is 293 g/mol. The second kappa shape index (κ2) is 6.21. The lowest BCUT2D eigenvalue weighted by atomic mass is 10.2. The Bertz CT molecular complexity index is 613. The van der Waals surface area contributed by atoms with E-state index < -0.39 is 12.5 Å². The van der Waals surface area contributed by atoms with Crippen LogP contribution in [0.2, 0.25) is 5.02 Å². The Hall–Kier alpha value is -2.34. The van der Waals surface area contributed by atoms with Gasteiger partial charge in [-0.25, -0.2) is 0 Å². The first-order valence-corrected chi connectivity index (χ1v) is 6.20. The first kappa shape index (κ1) is 14.1. The van der Waals surface area contributed by atoms with E-state index in [1.165, 1.54) is 11.1 Å². The highest BCUT2D eigenvalue weighted by Gasteiger charge is 2.19. The highest BCUT2D eigenvalue weighted by atomic mass is 35.5. The van der Waals surface area contributed by atoms with Gasteiger partial charge in [0, 0.05) is 22.6 Å². The predicted molar refractivity (Wildman–Crippen MR) is 73.7 cm³/mol. The van der Waals surface area contributed by atoms with Crippen molar-refractivity contribution >= 4 is 29.2 Å². The largest absolute Gasteiger partial charge is 0.480 e. The summed E-state index contributed by atoms with van der Waals surface area (Å²) in [6, 6.07) is 8.17. The number of amides is 1. The number of rotatable bonds is 5. The number of carboxylic acid groups (broad SMARTS) is 1. The van der Waals surface area contributed by atoms with Crippen LogP contribution >= 0.6 is 11.6 Å². The van der Waals surface area contributed by atoms with Crippen LogP contribution in [0.25, 0.3) is 0 Å². The summed E-state index contributed by atoms with van der Waals surface area (Å²) in [6.07, 6.45) is 1.57. The van der Waals surface area contributed by atoms with Crippen LogP contribution in [-0.2, 0) is 16.0 Å². The maximum Gasteiger partial charge on any atom is 0.323 e. The van der Waals surface area contributed by atoms with E-state index in [-0.39, 0.29) is 12.3 Å². The lowest BCUT2D eigenvalue weighted by Gasteiger charge is -2.20. The molecule has 2 rings (SSSR count). The second-order valence-electron chi connectivity index (χ2n) is 4.11. The fourth-order valence-corrected chi connectivity index (χ4v) is 1.93. The van der Waals surface area contributed by atoms with Crippen molar-refractivity contribution in [3.63, 3.8) is 0 Å². The highest BCUT2D eigenvalue weighted by molar-refractivity contribution is 6.30. The SMILES string of the molecule is O=C(O)CN(C(=O)Cc1ccn[nH]1)c1cccc(Cl)c1. The maximum absolute atomic E-state index is 12.2. The fourth-order valence-electron chi connectivity index (χ4n) is 1.74. The normalized spacial score (nSPS) is 10.2. The highest BCUT2D eigenvalue weighted by Crippen LogP contribution is 2.20. The number of hydrogen-bond acceptors (Lipinski definition) is 3. The Morgan fingerprint density at radius 1 is 1.35 bits per heavy atom. The third kappa shape index (κ3) is 3.58. The standard InChI is InChI=1S/C13H12ClN3O3/c14-9-2-1-3-11(6-9)17(8-13(19)20)12(18)7-10-4-5-15-16-10/h1-6H,7-8H2,(H,15,16)(H,19,20). The summed E-state index contributed by atoms with van der Waals surface area (Å²) in [5.41, 5.74) is 1.07. The molecule has 0 spiro atoms. The molecule has 0 unspecified atom stereocenters. The summed E-state index contributed by atoms with van der Waals surface area (Å²) >= 11 is 5.87. The molecule has 1 heterocycles. The number of aromatic nitrogens is 2. The maximum atomic E-state index is 12.2. The zero-order valence-corrected chi connectivity index (χ0v) is 11.2. The lowest BCUT2D eigenvalue weighted by molar-refractivity contribution is -0.136. The molecule has 0 atom stereocenters. The van der Waals surface area contributed by atoms with Gasteiger partial charge in [-0.05, 0) is 24.3 Å². The van der Waals surface area contributed by atoms with Gasteiger partial charge in [-0.3, -0.25) is 14.7 Å². The Kier molecular flexibility index (Phi) is 4.37. The van der Waals surface area contributed by atoms with Gasteiger partial charge in [0.15, 0.2) is 0 Å². The van der Waals surface area contributed by atoms with Gasteiger partial charge in [-0.1, -0.05) is 17.7 Å². The Labute approximate surface area is 120 Å². The summed E-state index contributed by atoms with van der Waals surface area (Å²) in [5.74, 6) is -1.44. The van der Waals surface area contributed by atoms with Crippen molar-refractivity contribution in [3.05, 3.63) is 47.2 Å². The van der Waals surface area contributed by atoms with E-state index in [9.17, 15) is 9.59 Å². The van der Waals surface area contributed by atoms with Crippen LogP contribution in [0, 0.1) is 0 Å². The van der Waals surface area contributed by atoms with Gasteiger partial charge in [0.2, 0.25) is 5.91 Å². The molecule has 104 valence electrons. The Balaban J connectivity index is 2.22. The van der Waals surface area contributed by atoms with Crippen LogP contribution in [0.4, 0.5) is 5.69 Å². The molecule has 0 fully saturated rings. The smallest absolute Gasteiger partial charge is 0.323 e. The summed E-state index contributed by atoms with van der Waals surface area (Å²) in [6.45, 7) is -0.423. The zero-order valence-electron chi connectivity index (χ0n) is 10.4. The van der Waals surface area contributed by atoms with Crippen LogP contribution in [0.3, 0.4) is 0 Å². The molecule has 0 aliphatic heterocycles. The average Bonchev–Trinajstić information content (AvgIpc) is 2.88. The van der Waals surface area contributed by atoms with Crippen molar-refractivity contribution in [2.45, 2.75) is 6.42 Å². The number of carbonyl (C=O) groups excluding carboxylic acids is 1. The summed E-state index contributed by atoms with van der Waals surface area (Å²) in [7, 11) is 0. The molecule has 0 saturated carbocycles. The first-order valence-electron chi connectivity index (χ1n) is 5.82. The van der Waals surface area contributed by atoms with Gasteiger partial charge in [0.25, 0.3) is 0 Å². The molecule has 6 nitrogen and oxygen atoms in total. The van der Waals surface area contributed by atoms with E-state index in [4.69, 9.17) is 16.7 Å². The van der Waals surface area contributed by atoms with Crippen molar-refractivity contribution < 1.29 is 14.7 Å². The Morgan fingerprint density at radius 2 is 2.15 bits per heavy atom. The third-order valence-electron chi connectivity index (χ3n) is 2.61. The molecular formula is C13H12ClN3O3. The number of halogens is 1. The number of benzene rings is 1. The predicted octanol–water partition coefficient (Wildman–Crippen LogP) is 1.72. The number of aromatic amines is 1. The van der Waals surface area contributed by atoms with Gasteiger partial charge < -0.3 is 10.0 Å². The van der Waals surface area contributed by atoms with Crippen molar-refractivity contribution in [3.8, 4) is 0 Å². The molecule has 1 aromatic heterocycles. The molecule has 0 bridgehead atoms. The van der Waals surface area contributed by atoms with Crippen LogP contribution in [0.15, 0.2) is 36.5 Å². The van der Waals surface area contributed by atoms with Crippen LogP contribution in [0.1, 0.15) is 5.69 Å². The van der Waals surface area contributed by atoms with E-state index in [0.29, 0.717) is 16.4 Å². The van der Waals surface area contributed by atoms with E-state index in [1.54, 1.807) is 30.3 Å². The molecule has 0 aliphatic rings. The number of nitrogens with one attached hydrogen (secondary N) is 1. The number of H-pyrrole nitrogens is 1. The number of hydrogen-bond donors (Lipinski definition) is 2. The average molecular weight is 294 g/mol. The molecule has 0 saturated heterocycles. The molecule has 0 aliphatic carbocycles. The van der Waals surface area contributed by atoms with Gasteiger partial charge >= 0.3 is 5.97 Å². The molecule has 20 heavy (non-hydrogen) atoms. The van der Waals surface area contributed by atoms with Crippen LogP contribution in [-0.4, -0.2) is 33.7 Å². The van der Waals surface area contributed by atoms with E-state index in [1.807, 2.05) is 0 Å². The van der Waals surface area contributed by atoms with Crippen molar-refractivity contribution in [2.24, 2.45) is 0 Å². The molecule has 1 amide bonds. The number of anilines is 1. The van der Waals surface area contributed by atoms with E-state index in [2.05, 4.69) is 10.2 Å². The second-order valence-corrected chi connectivity index (χ2v) is 4.55. The zero-order chi connectivity index (χ0) is 14.5. The summed E-state index contributed by atoms with van der Waals surface area (Å²) < 4.78 is 0. The first-order chi connectivity index (χ1) is 9.56. The molecule has 2 N–H and O–H groups in total. The van der Waals surface area contributed by atoms with Crippen LogP contribution < -0.4 is 4.90 Å². The van der Waals surface area contributed by atoms with E-state index >= 15 is 0 Å². The van der Waals surface area contributed by atoms with Crippen molar-refractivity contribution in [2.75, 3.05) is 11.4 Å². The number of carbonyl (C=O) groups is 2. The van der Waals surface area contributed by atoms with Gasteiger partial charge in [-0.2, -0.15) is 5.10 Å². The van der Waals surface area contributed by atoms with Crippen LogP contribution in [0.5, 0.6) is 0 Å². The summed E-state index contributed by atoms with van der Waals surface area (Å²) in [4.78, 5) is 24.3. The minimum Gasteiger partial charge on any atom is -0.480 e. The molecular weight excluding hydrogens is 282 g/mol. The topological polar surface area (TPSA) is 86.3 Å². The lowest BCUT2D eigenvalue weighted by Crippen LogP contribution is -2.36. The fraction of sp³-hybridized carbons (Fsp3) is 0.154. The Morgan fingerprint density at radius 3 is 2.75 bits per heavy atom. The molecule has 2 aromatic rings. The number of carboxylic acids is 1. The van der Waals surface area contributed by atoms with Gasteiger partial charge in [0.05, 0.1) is 6.42 Å². The molecule has 7 heteroatoms. The number of aliphatic carboxylic acids is 1. The summed E-state index contributed by atoms with van der Waals surface area (Å²) in [5, 5.41) is 15.8. The van der Waals surface area contributed by atoms with Gasteiger partial charge in [0.1, 0.15) is 6.54 Å². The van der Waals surface area contributed by atoms with Crippen molar-refractivity contribution in [1.29, 1.82) is 0 Å². The van der Waals surface area contributed by atoms with Gasteiger partial charge in [-0.15, -0.1) is 0 Å². The van der Waals surface area contributed by atoms with Crippen molar-refractivity contribution in [1.82, 2.24) is 10.2 Å². The third-order valence-corrected chi connectivity index (χ3v) is 2.85. The van der Waals surface area contributed by atoms with E-state index in [0.717, 1.165) is 0 Å².